The highest BCUT2D eigenvalue weighted by Gasteiger charge is 2.21. The summed E-state index contributed by atoms with van der Waals surface area (Å²) in [6, 6.07) is 13.5. The van der Waals surface area contributed by atoms with Gasteiger partial charge in [0.05, 0.1) is 27.0 Å². The predicted molar refractivity (Wildman–Crippen MR) is 94.3 cm³/mol. The molecule has 0 N–H and O–H groups in total. The third kappa shape index (κ3) is 3.79. The Kier molecular flexibility index (Phi) is 6.07. The molecule has 0 saturated carbocycles. The highest BCUT2D eigenvalue weighted by Crippen LogP contribution is 2.44. The Morgan fingerprint density at radius 3 is 2.17 bits per heavy atom. The van der Waals surface area contributed by atoms with Crippen molar-refractivity contribution in [3.05, 3.63) is 48.0 Å². The lowest BCUT2D eigenvalue weighted by molar-refractivity contribution is -0.118. The molecular formula is C19H23NO4. The lowest BCUT2D eigenvalue weighted by Gasteiger charge is -2.22. The molecule has 0 fully saturated rings. The molecule has 2 aromatic carbocycles. The largest absolute Gasteiger partial charge is 0.493 e. The predicted octanol–water partition coefficient (Wildman–Crippen LogP) is 3.31. The van der Waals surface area contributed by atoms with Crippen molar-refractivity contribution >= 4 is 11.6 Å². The fourth-order valence-corrected chi connectivity index (χ4v) is 2.55. The van der Waals surface area contributed by atoms with Crippen LogP contribution in [-0.4, -0.2) is 34.3 Å². The molecule has 0 radical (unpaired) electrons. The van der Waals surface area contributed by atoms with Crippen LogP contribution in [-0.2, 0) is 11.2 Å². The quantitative estimate of drug-likeness (QED) is 0.782. The highest BCUT2D eigenvalue weighted by molar-refractivity contribution is 5.95. The summed E-state index contributed by atoms with van der Waals surface area (Å²) >= 11 is 0. The van der Waals surface area contributed by atoms with Gasteiger partial charge in [-0.25, -0.2) is 0 Å². The van der Waals surface area contributed by atoms with Gasteiger partial charge in [-0.05, 0) is 24.1 Å². The summed E-state index contributed by atoms with van der Waals surface area (Å²) in [6.45, 7) is 0. The van der Waals surface area contributed by atoms with Gasteiger partial charge in [0.15, 0.2) is 11.5 Å². The molecule has 5 nitrogen and oxygen atoms in total. The van der Waals surface area contributed by atoms with E-state index in [0.29, 0.717) is 35.8 Å². The molecule has 0 spiro atoms. The second kappa shape index (κ2) is 8.24. The Bertz CT molecular complexity index is 685. The van der Waals surface area contributed by atoms with Crippen LogP contribution in [0.5, 0.6) is 17.2 Å². The van der Waals surface area contributed by atoms with E-state index in [0.717, 1.165) is 5.56 Å². The van der Waals surface area contributed by atoms with Gasteiger partial charge in [0.2, 0.25) is 11.7 Å². The Balaban J connectivity index is 2.19. The number of hydrogen-bond donors (Lipinski definition) is 0. The first-order chi connectivity index (χ1) is 11.6. The molecule has 5 heteroatoms. The zero-order chi connectivity index (χ0) is 17.5. The SMILES string of the molecule is COc1ccc(N(C)C(=O)CCc2ccccc2)c(OC)c1OC. The van der Waals surface area contributed by atoms with Crippen LogP contribution in [0.25, 0.3) is 0 Å². The van der Waals surface area contributed by atoms with Crippen molar-refractivity contribution in [1.29, 1.82) is 0 Å². The summed E-state index contributed by atoms with van der Waals surface area (Å²) in [5.41, 5.74) is 1.78. The van der Waals surface area contributed by atoms with E-state index in [1.807, 2.05) is 30.3 Å². The topological polar surface area (TPSA) is 48.0 Å². The molecule has 128 valence electrons. The molecule has 2 rings (SSSR count). The minimum absolute atomic E-state index is 0.00405. The number of anilines is 1. The van der Waals surface area contributed by atoms with Gasteiger partial charge in [0.25, 0.3) is 0 Å². The Labute approximate surface area is 142 Å². The Morgan fingerprint density at radius 1 is 0.917 bits per heavy atom. The molecule has 0 saturated heterocycles. The fraction of sp³-hybridized carbons (Fsp3) is 0.316. The van der Waals surface area contributed by atoms with Crippen LogP contribution < -0.4 is 19.1 Å². The van der Waals surface area contributed by atoms with E-state index in [2.05, 4.69) is 0 Å². The van der Waals surface area contributed by atoms with Gasteiger partial charge < -0.3 is 19.1 Å². The zero-order valence-corrected chi connectivity index (χ0v) is 14.5. The van der Waals surface area contributed by atoms with E-state index in [4.69, 9.17) is 14.2 Å². The Morgan fingerprint density at radius 2 is 1.58 bits per heavy atom. The van der Waals surface area contributed by atoms with Gasteiger partial charge in [0, 0.05) is 13.5 Å². The van der Waals surface area contributed by atoms with Crippen molar-refractivity contribution < 1.29 is 19.0 Å². The van der Waals surface area contributed by atoms with Crippen molar-refractivity contribution in [3.63, 3.8) is 0 Å². The lowest BCUT2D eigenvalue weighted by Crippen LogP contribution is -2.27. The van der Waals surface area contributed by atoms with Gasteiger partial charge in [0.1, 0.15) is 0 Å². The number of aryl methyl sites for hydroxylation is 1. The summed E-state index contributed by atoms with van der Waals surface area (Å²) in [6.07, 6.45) is 1.11. The molecule has 0 unspecified atom stereocenters. The van der Waals surface area contributed by atoms with Gasteiger partial charge in [-0.3, -0.25) is 4.79 Å². The maximum atomic E-state index is 12.5. The standard InChI is InChI=1S/C19H23NO4/c1-20(17(21)13-10-14-8-6-5-7-9-14)15-11-12-16(22-2)19(24-4)18(15)23-3/h5-9,11-12H,10,13H2,1-4H3. The van der Waals surface area contributed by atoms with E-state index in [1.54, 1.807) is 45.4 Å². The van der Waals surface area contributed by atoms with Crippen molar-refractivity contribution in [2.75, 3.05) is 33.3 Å². The Hall–Kier alpha value is -2.69. The number of amides is 1. The van der Waals surface area contributed by atoms with E-state index < -0.39 is 0 Å². The molecule has 0 aliphatic heterocycles. The molecule has 0 aliphatic carbocycles. The summed E-state index contributed by atoms with van der Waals surface area (Å²) in [4.78, 5) is 14.1. The van der Waals surface area contributed by atoms with Gasteiger partial charge >= 0.3 is 0 Å². The second-order valence-electron chi connectivity index (χ2n) is 5.29. The van der Waals surface area contributed by atoms with Crippen LogP contribution in [0.3, 0.4) is 0 Å². The van der Waals surface area contributed by atoms with E-state index >= 15 is 0 Å². The summed E-state index contributed by atoms with van der Waals surface area (Å²) < 4.78 is 16.1. The summed E-state index contributed by atoms with van der Waals surface area (Å²) in [7, 11) is 6.38. The summed E-state index contributed by atoms with van der Waals surface area (Å²) in [5.74, 6) is 1.51. The molecule has 24 heavy (non-hydrogen) atoms. The number of hydrogen-bond acceptors (Lipinski definition) is 4. The van der Waals surface area contributed by atoms with Gasteiger partial charge in [-0.15, -0.1) is 0 Å². The maximum absolute atomic E-state index is 12.5. The maximum Gasteiger partial charge on any atom is 0.227 e. The fourth-order valence-electron chi connectivity index (χ4n) is 2.55. The van der Waals surface area contributed by atoms with Crippen molar-refractivity contribution in [1.82, 2.24) is 0 Å². The second-order valence-corrected chi connectivity index (χ2v) is 5.29. The first kappa shape index (κ1) is 17.7. The zero-order valence-electron chi connectivity index (χ0n) is 14.5. The van der Waals surface area contributed by atoms with E-state index in [1.165, 1.54) is 0 Å². The number of rotatable bonds is 7. The van der Waals surface area contributed by atoms with E-state index in [-0.39, 0.29) is 5.91 Å². The first-order valence-electron chi connectivity index (χ1n) is 7.71. The molecule has 1 amide bonds. The number of carbonyl (C=O) groups excluding carboxylic acids is 1. The smallest absolute Gasteiger partial charge is 0.227 e. The van der Waals surface area contributed by atoms with Gasteiger partial charge in [-0.1, -0.05) is 30.3 Å². The molecular weight excluding hydrogens is 306 g/mol. The van der Waals surface area contributed by atoms with Crippen LogP contribution in [0.15, 0.2) is 42.5 Å². The molecule has 0 heterocycles. The van der Waals surface area contributed by atoms with Crippen molar-refractivity contribution in [3.8, 4) is 17.2 Å². The summed E-state index contributed by atoms with van der Waals surface area (Å²) in [5, 5.41) is 0. The molecule has 0 aliphatic rings. The van der Waals surface area contributed by atoms with Crippen molar-refractivity contribution in [2.24, 2.45) is 0 Å². The number of ether oxygens (including phenoxy) is 3. The lowest BCUT2D eigenvalue weighted by atomic mass is 10.1. The van der Waals surface area contributed by atoms with E-state index in [9.17, 15) is 4.79 Å². The molecule has 0 atom stereocenters. The number of nitrogens with zero attached hydrogens (tertiary/aromatic N) is 1. The van der Waals surface area contributed by atoms with Crippen LogP contribution in [0.4, 0.5) is 5.69 Å². The van der Waals surface area contributed by atoms with Crippen LogP contribution in [0.2, 0.25) is 0 Å². The first-order valence-corrected chi connectivity index (χ1v) is 7.71. The highest BCUT2D eigenvalue weighted by atomic mass is 16.5. The average Bonchev–Trinajstić information content (AvgIpc) is 2.64. The normalized spacial score (nSPS) is 10.2. The van der Waals surface area contributed by atoms with Crippen LogP contribution in [0.1, 0.15) is 12.0 Å². The third-order valence-electron chi connectivity index (χ3n) is 3.89. The van der Waals surface area contributed by atoms with Crippen molar-refractivity contribution in [2.45, 2.75) is 12.8 Å². The molecule has 0 bridgehead atoms. The minimum atomic E-state index is 0.00405. The molecule has 0 aromatic heterocycles. The monoisotopic (exact) mass is 329 g/mol. The minimum Gasteiger partial charge on any atom is -0.493 e. The van der Waals surface area contributed by atoms with Crippen LogP contribution >= 0.6 is 0 Å². The van der Waals surface area contributed by atoms with Gasteiger partial charge in [-0.2, -0.15) is 0 Å². The number of benzene rings is 2. The molecule has 2 aromatic rings. The average molecular weight is 329 g/mol. The third-order valence-corrected chi connectivity index (χ3v) is 3.89. The number of carbonyl (C=O) groups is 1. The van der Waals surface area contributed by atoms with Crippen LogP contribution in [0, 0.1) is 0 Å². The number of methoxy groups -OCH3 is 3.